The van der Waals surface area contributed by atoms with Crippen LogP contribution in [-0.4, -0.2) is 17.4 Å². The van der Waals surface area contributed by atoms with Gasteiger partial charge in [0.05, 0.1) is 17.3 Å². The van der Waals surface area contributed by atoms with Crippen LogP contribution in [0.2, 0.25) is 0 Å². The van der Waals surface area contributed by atoms with Crippen LogP contribution in [0.1, 0.15) is 19.5 Å². The fraction of sp³-hybridized carbons (Fsp3) is 0.500. The molecule has 0 saturated heterocycles. The number of rotatable bonds is 4. The molecule has 0 aliphatic heterocycles. The van der Waals surface area contributed by atoms with Gasteiger partial charge in [-0.05, 0) is 13.8 Å². The summed E-state index contributed by atoms with van der Waals surface area (Å²) >= 11 is 1.53. The molecule has 0 radical (unpaired) electrons. The molecule has 80 valence electrons. The van der Waals surface area contributed by atoms with Crippen LogP contribution < -0.4 is 5.32 Å². The average molecular weight is 223 g/mol. The van der Waals surface area contributed by atoms with Gasteiger partial charge < -0.3 is 5.32 Å². The van der Waals surface area contributed by atoms with Crippen LogP contribution in [0.5, 0.6) is 0 Å². The number of thiazole rings is 1. The van der Waals surface area contributed by atoms with E-state index in [4.69, 9.17) is 5.26 Å². The van der Waals surface area contributed by atoms with Crippen molar-refractivity contribution in [1.82, 2.24) is 10.3 Å². The van der Waals surface area contributed by atoms with Crippen molar-refractivity contribution in [2.75, 3.05) is 6.54 Å². The number of hydrogen-bond acceptors (Lipinski definition) is 4. The Bertz CT molecular complexity index is 365. The molecular weight excluding hydrogens is 210 g/mol. The molecule has 15 heavy (non-hydrogen) atoms. The topological polar surface area (TPSA) is 65.8 Å². The lowest BCUT2D eigenvalue weighted by molar-refractivity contribution is -0.126. The van der Waals surface area contributed by atoms with Gasteiger partial charge in [0.15, 0.2) is 0 Å². The fourth-order valence-electron chi connectivity index (χ4n) is 0.937. The molecule has 1 rings (SSSR count). The Morgan fingerprint density at radius 3 is 3.00 bits per heavy atom. The molecule has 1 aromatic heterocycles. The Balaban J connectivity index is 2.33. The third-order valence-corrected chi connectivity index (χ3v) is 2.63. The lowest BCUT2D eigenvalue weighted by Crippen LogP contribution is -2.37. The van der Waals surface area contributed by atoms with Crippen molar-refractivity contribution in [3.05, 3.63) is 16.6 Å². The number of nitrogens with zero attached hydrogens (tertiary/aromatic N) is 2. The predicted octanol–water partition coefficient (Wildman–Crippen LogP) is 1.35. The highest BCUT2D eigenvalue weighted by molar-refractivity contribution is 7.07. The van der Waals surface area contributed by atoms with Gasteiger partial charge in [-0.15, -0.1) is 11.3 Å². The van der Waals surface area contributed by atoms with Crippen LogP contribution in [0.25, 0.3) is 0 Å². The monoisotopic (exact) mass is 223 g/mol. The number of hydrogen-bond donors (Lipinski definition) is 1. The largest absolute Gasteiger partial charge is 0.354 e. The minimum Gasteiger partial charge on any atom is -0.354 e. The summed E-state index contributed by atoms with van der Waals surface area (Å²) in [5, 5.41) is 13.4. The maximum Gasteiger partial charge on any atom is 0.239 e. The number of aromatic nitrogens is 1. The Morgan fingerprint density at radius 1 is 1.73 bits per heavy atom. The molecular formula is C10H13N3OS. The normalized spacial score (nSPS) is 10.7. The van der Waals surface area contributed by atoms with E-state index < -0.39 is 5.41 Å². The summed E-state index contributed by atoms with van der Waals surface area (Å²) in [4.78, 5) is 15.6. The SMILES string of the molecule is CC(C)(C#N)C(=O)NCCc1cscn1. The highest BCUT2D eigenvalue weighted by atomic mass is 32.1. The van der Waals surface area contributed by atoms with Crippen LogP contribution in [0, 0.1) is 16.7 Å². The van der Waals surface area contributed by atoms with Crippen molar-refractivity contribution in [2.45, 2.75) is 20.3 Å². The molecule has 0 atom stereocenters. The quantitative estimate of drug-likeness (QED) is 0.838. The van der Waals surface area contributed by atoms with E-state index in [1.165, 1.54) is 11.3 Å². The molecule has 0 unspecified atom stereocenters. The molecule has 0 aliphatic carbocycles. The molecule has 0 spiro atoms. The van der Waals surface area contributed by atoms with Gasteiger partial charge in [-0.1, -0.05) is 0 Å². The lowest BCUT2D eigenvalue weighted by Gasteiger charge is -2.14. The molecule has 5 heteroatoms. The second-order valence-corrected chi connectivity index (χ2v) is 4.44. The van der Waals surface area contributed by atoms with Gasteiger partial charge in [0.25, 0.3) is 0 Å². The first kappa shape index (κ1) is 11.7. The van der Waals surface area contributed by atoms with E-state index in [0.717, 1.165) is 5.69 Å². The Hall–Kier alpha value is -1.41. The standard InChI is InChI=1S/C10H13N3OS/c1-10(2,6-11)9(14)12-4-3-8-5-15-7-13-8/h5,7H,3-4H2,1-2H3,(H,12,14). The van der Waals surface area contributed by atoms with Crippen LogP contribution in [0.15, 0.2) is 10.9 Å². The molecule has 0 saturated carbocycles. The average Bonchev–Trinajstić information content (AvgIpc) is 2.70. The molecule has 0 bridgehead atoms. The van der Waals surface area contributed by atoms with Crippen LogP contribution >= 0.6 is 11.3 Å². The molecule has 1 aromatic rings. The maximum atomic E-state index is 11.5. The minimum absolute atomic E-state index is 0.236. The number of carbonyl (C=O) groups excluding carboxylic acids is 1. The van der Waals surface area contributed by atoms with Gasteiger partial charge >= 0.3 is 0 Å². The predicted molar refractivity (Wildman–Crippen MR) is 58.2 cm³/mol. The third-order valence-electron chi connectivity index (χ3n) is 2.00. The Morgan fingerprint density at radius 2 is 2.47 bits per heavy atom. The molecule has 4 nitrogen and oxygen atoms in total. The molecule has 0 aliphatic rings. The molecule has 1 N–H and O–H groups in total. The van der Waals surface area contributed by atoms with Crippen molar-refractivity contribution in [2.24, 2.45) is 5.41 Å². The summed E-state index contributed by atoms with van der Waals surface area (Å²) in [6.45, 7) is 3.73. The smallest absolute Gasteiger partial charge is 0.239 e. The van der Waals surface area contributed by atoms with Crippen molar-refractivity contribution < 1.29 is 4.79 Å². The second kappa shape index (κ2) is 4.89. The summed E-state index contributed by atoms with van der Waals surface area (Å²) < 4.78 is 0. The first-order chi connectivity index (χ1) is 7.06. The van der Waals surface area contributed by atoms with Crippen LogP contribution in [0.3, 0.4) is 0 Å². The zero-order valence-electron chi connectivity index (χ0n) is 8.78. The molecule has 1 amide bonds. The summed E-state index contributed by atoms with van der Waals surface area (Å²) in [5.41, 5.74) is 1.77. The Labute approximate surface area is 92.9 Å². The summed E-state index contributed by atoms with van der Waals surface area (Å²) in [5.74, 6) is -0.236. The van der Waals surface area contributed by atoms with Gasteiger partial charge in [-0.3, -0.25) is 4.79 Å². The molecule has 0 fully saturated rings. The summed E-state index contributed by atoms with van der Waals surface area (Å²) in [6, 6.07) is 1.96. The number of carbonyl (C=O) groups is 1. The van der Waals surface area contributed by atoms with E-state index in [1.54, 1.807) is 19.4 Å². The Kier molecular flexibility index (Phi) is 3.81. The van der Waals surface area contributed by atoms with E-state index >= 15 is 0 Å². The van der Waals surface area contributed by atoms with Crippen molar-refractivity contribution in [1.29, 1.82) is 5.26 Å². The fourth-order valence-corrected chi connectivity index (χ4v) is 1.53. The number of amides is 1. The second-order valence-electron chi connectivity index (χ2n) is 3.72. The van der Waals surface area contributed by atoms with Gasteiger partial charge in [0.2, 0.25) is 5.91 Å². The maximum absolute atomic E-state index is 11.5. The van der Waals surface area contributed by atoms with E-state index in [0.29, 0.717) is 13.0 Å². The van der Waals surface area contributed by atoms with E-state index in [-0.39, 0.29) is 5.91 Å². The number of nitriles is 1. The first-order valence-corrected chi connectivity index (χ1v) is 5.57. The van der Waals surface area contributed by atoms with Crippen LogP contribution in [0.4, 0.5) is 0 Å². The molecule has 1 heterocycles. The zero-order valence-corrected chi connectivity index (χ0v) is 9.60. The highest BCUT2D eigenvalue weighted by Gasteiger charge is 2.26. The van der Waals surface area contributed by atoms with E-state index in [9.17, 15) is 4.79 Å². The van der Waals surface area contributed by atoms with E-state index in [2.05, 4.69) is 10.3 Å². The van der Waals surface area contributed by atoms with Gasteiger partial charge in [-0.2, -0.15) is 5.26 Å². The summed E-state index contributed by atoms with van der Waals surface area (Å²) in [6.07, 6.45) is 0.705. The zero-order chi connectivity index (χ0) is 11.3. The molecule has 0 aromatic carbocycles. The first-order valence-electron chi connectivity index (χ1n) is 4.63. The lowest BCUT2D eigenvalue weighted by atomic mass is 9.95. The van der Waals surface area contributed by atoms with Crippen molar-refractivity contribution in [3.8, 4) is 6.07 Å². The van der Waals surface area contributed by atoms with Gasteiger partial charge in [0.1, 0.15) is 5.41 Å². The van der Waals surface area contributed by atoms with Gasteiger partial charge in [-0.25, -0.2) is 4.98 Å². The van der Waals surface area contributed by atoms with E-state index in [1.807, 2.05) is 11.4 Å². The van der Waals surface area contributed by atoms with Crippen molar-refractivity contribution in [3.63, 3.8) is 0 Å². The highest BCUT2D eigenvalue weighted by Crippen LogP contribution is 2.12. The number of nitrogens with one attached hydrogen (secondary N) is 1. The van der Waals surface area contributed by atoms with Gasteiger partial charge in [0, 0.05) is 18.3 Å². The minimum atomic E-state index is -0.956. The third kappa shape index (κ3) is 3.33. The van der Waals surface area contributed by atoms with Crippen molar-refractivity contribution >= 4 is 17.2 Å². The summed E-state index contributed by atoms with van der Waals surface area (Å²) in [7, 11) is 0. The van der Waals surface area contributed by atoms with Crippen LogP contribution in [-0.2, 0) is 11.2 Å².